The maximum atomic E-state index is 13.2. The number of Topliss-reactive ketones (excluding diaryl/α,β-unsaturated/α-hetero) is 1. The van der Waals surface area contributed by atoms with Gasteiger partial charge in [-0.2, -0.15) is 0 Å². The smallest absolute Gasteiger partial charge is 0.167 e. The van der Waals surface area contributed by atoms with Crippen molar-refractivity contribution in [2.24, 2.45) is 5.92 Å². The van der Waals surface area contributed by atoms with Gasteiger partial charge in [0, 0.05) is 30.1 Å². The molecule has 1 saturated heterocycles. The molecule has 1 heterocycles. The molecule has 2 aromatic rings. The van der Waals surface area contributed by atoms with E-state index < -0.39 is 0 Å². The summed E-state index contributed by atoms with van der Waals surface area (Å²) in [5.74, 6) is 1.66. The van der Waals surface area contributed by atoms with Crippen LogP contribution in [0.3, 0.4) is 0 Å². The van der Waals surface area contributed by atoms with E-state index in [-0.39, 0.29) is 30.5 Å². The lowest BCUT2D eigenvalue weighted by Crippen LogP contribution is -2.38. The fourth-order valence-corrected chi connectivity index (χ4v) is 4.13. The molecule has 0 aromatic heterocycles. The second-order valence-electron chi connectivity index (χ2n) is 8.90. The Labute approximate surface area is 186 Å². The van der Waals surface area contributed by atoms with E-state index in [1.54, 1.807) is 0 Å². The Hall–Kier alpha value is -2.37. The Balaban J connectivity index is 1.66. The van der Waals surface area contributed by atoms with E-state index >= 15 is 0 Å². The van der Waals surface area contributed by atoms with Gasteiger partial charge in [-0.15, -0.1) is 0 Å². The second kappa shape index (κ2) is 10.8. The van der Waals surface area contributed by atoms with Crippen LogP contribution in [0.4, 0.5) is 0 Å². The van der Waals surface area contributed by atoms with Gasteiger partial charge in [0.15, 0.2) is 5.78 Å². The Morgan fingerprint density at radius 2 is 1.87 bits per heavy atom. The van der Waals surface area contributed by atoms with Crippen molar-refractivity contribution in [2.75, 3.05) is 13.1 Å². The summed E-state index contributed by atoms with van der Waals surface area (Å²) in [5, 5.41) is 9.73. The van der Waals surface area contributed by atoms with Crippen LogP contribution < -0.4 is 9.47 Å². The summed E-state index contributed by atoms with van der Waals surface area (Å²) in [7, 11) is 0. The van der Waals surface area contributed by atoms with Gasteiger partial charge in [-0.3, -0.25) is 9.69 Å². The van der Waals surface area contributed by atoms with Crippen molar-refractivity contribution in [1.29, 1.82) is 0 Å². The zero-order valence-corrected chi connectivity index (χ0v) is 19.1. The van der Waals surface area contributed by atoms with E-state index in [9.17, 15) is 9.90 Å². The molecule has 1 aliphatic heterocycles. The molecule has 1 N–H and O–H groups in total. The van der Waals surface area contributed by atoms with E-state index in [4.69, 9.17) is 9.47 Å². The number of rotatable bonds is 9. The van der Waals surface area contributed by atoms with Crippen LogP contribution in [0.15, 0.2) is 42.5 Å². The number of carbonyl (C=O) groups excluding carboxylic acids is 1. The zero-order chi connectivity index (χ0) is 22.4. The Bertz CT molecular complexity index is 877. The third-order valence-corrected chi connectivity index (χ3v) is 5.43. The number of hydrogen-bond donors (Lipinski definition) is 1. The number of benzene rings is 2. The van der Waals surface area contributed by atoms with Gasteiger partial charge in [-0.1, -0.05) is 18.2 Å². The van der Waals surface area contributed by atoms with Gasteiger partial charge in [0.1, 0.15) is 11.5 Å². The normalized spacial score (nSPS) is 17.2. The van der Waals surface area contributed by atoms with Crippen LogP contribution >= 0.6 is 0 Å². The van der Waals surface area contributed by atoms with Gasteiger partial charge < -0.3 is 14.6 Å². The summed E-state index contributed by atoms with van der Waals surface area (Å²) in [6.07, 6.45) is 2.05. The summed E-state index contributed by atoms with van der Waals surface area (Å²) >= 11 is 0. The van der Waals surface area contributed by atoms with Crippen LogP contribution in [0.5, 0.6) is 11.5 Å². The van der Waals surface area contributed by atoms with Gasteiger partial charge in [0.25, 0.3) is 0 Å². The first-order valence-corrected chi connectivity index (χ1v) is 11.3. The number of piperidine rings is 1. The minimum Gasteiger partial charge on any atom is -0.491 e. The largest absolute Gasteiger partial charge is 0.491 e. The number of nitrogens with zero attached hydrogens (tertiary/aromatic N) is 1. The highest BCUT2D eigenvalue weighted by atomic mass is 16.5. The molecule has 3 rings (SSSR count). The lowest BCUT2D eigenvalue weighted by Gasteiger charge is -2.32. The van der Waals surface area contributed by atoms with Crippen LogP contribution in [0.2, 0.25) is 0 Å². The fourth-order valence-electron chi connectivity index (χ4n) is 4.13. The lowest BCUT2D eigenvalue weighted by atomic mass is 9.89. The predicted octanol–water partition coefficient (Wildman–Crippen LogP) is 4.85. The van der Waals surface area contributed by atoms with E-state index in [0.29, 0.717) is 0 Å². The van der Waals surface area contributed by atoms with Crippen LogP contribution in [0.25, 0.3) is 0 Å². The molecule has 5 heteroatoms. The quantitative estimate of drug-likeness (QED) is 0.582. The zero-order valence-electron chi connectivity index (χ0n) is 19.1. The highest BCUT2D eigenvalue weighted by Gasteiger charge is 2.27. The molecule has 1 atom stereocenters. The molecule has 5 nitrogen and oxygen atoms in total. The van der Waals surface area contributed by atoms with Crippen molar-refractivity contribution in [3.8, 4) is 11.5 Å². The van der Waals surface area contributed by atoms with Gasteiger partial charge >= 0.3 is 0 Å². The molecular weight excluding hydrogens is 390 g/mol. The molecule has 1 aliphatic rings. The third kappa shape index (κ3) is 6.55. The summed E-state index contributed by atoms with van der Waals surface area (Å²) in [6, 6.07) is 13.5. The summed E-state index contributed by atoms with van der Waals surface area (Å²) < 4.78 is 11.5. The van der Waals surface area contributed by atoms with E-state index in [1.807, 2.05) is 64.1 Å². The average molecular weight is 426 g/mol. The number of carbonyl (C=O) groups is 1. The van der Waals surface area contributed by atoms with Crippen molar-refractivity contribution in [3.05, 3.63) is 59.2 Å². The van der Waals surface area contributed by atoms with Gasteiger partial charge in [-0.25, -0.2) is 0 Å². The number of likely N-dealkylation sites (tertiary alicyclic amines) is 1. The van der Waals surface area contributed by atoms with Crippen LogP contribution in [-0.2, 0) is 13.2 Å². The maximum absolute atomic E-state index is 13.2. The van der Waals surface area contributed by atoms with Gasteiger partial charge in [-0.05, 0) is 76.9 Å². The van der Waals surface area contributed by atoms with Crippen LogP contribution in [-0.4, -0.2) is 41.1 Å². The molecule has 0 bridgehead atoms. The number of ketones is 1. The lowest BCUT2D eigenvalue weighted by molar-refractivity contribution is 0.0811. The standard InChI is InChI=1S/C26H35NO4/c1-18(2)30-24-9-5-7-21(14-24)26(29)22-8-6-12-27(16-22)15-20-10-11-25(31-19(3)4)23(13-20)17-28/h5,7,9-11,13-14,18-19,22,28H,6,8,12,15-17H2,1-4H3. The predicted molar refractivity (Wildman–Crippen MR) is 123 cm³/mol. The SMILES string of the molecule is CC(C)Oc1cccc(C(=O)C2CCCN(Cc3ccc(OC(C)C)c(CO)c3)C2)c1. The minimum atomic E-state index is -0.0498. The molecule has 1 fully saturated rings. The average Bonchev–Trinajstić information content (AvgIpc) is 2.74. The van der Waals surface area contributed by atoms with Crippen molar-refractivity contribution in [1.82, 2.24) is 4.90 Å². The van der Waals surface area contributed by atoms with E-state index in [1.165, 1.54) is 0 Å². The van der Waals surface area contributed by atoms with E-state index in [2.05, 4.69) is 11.0 Å². The first-order chi connectivity index (χ1) is 14.9. The first kappa shape index (κ1) is 23.3. The van der Waals surface area contributed by atoms with Crippen LogP contribution in [0.1, 0.15) is 62.0 Å². The second-order valence-corrected chi connectivity index (χ2v) is 8.90. The Morgan fingerprint density at radius 3 is 2.58 bits per heavy atom. The highest BCUT2D eigenvalue weighted by Crippen LogP contribution is 2.26. The van der Waals surface area contributed by atoms with Crippen molar-refractivity contribution in [3.63, 3.8) is 0 Å². The molecule has 31 heavy (non-hydrogen) atoms. The summed E-state index contributed by atoms with van der Waals surface area (Å²) in [4.78, 5) is 15.5. The number of aliphatic hydroxyl groups is 1. The third-order valence-electron chi connectivity index (χ3n) is 5.43. The summed E-state index contributed by atoms with van der Waals surface area (Å²) in [6.45, 7) is 10.3. The molecule has 0 aliphatic carbocycles. The Morgan fingerprint density at radius 1 is 1.10 bits per heavy atom. The molecular formula is C26H35NO4. The molecule has 0 radical (unpaired) electrons. The van der Waals surface area contributed by atoms with E-state index in [0.717, 1.165) is 60.7 Å². The number of aliphatic hydroxyl groups excluding tert-OH is 1. The van der Waals surface area contributed by atoms with Crippen LogP contribution in [0, 0.1) is 5.92 Å². The molecule has 0 amide bonds. The van der Waals surface area contributed by atoms with Crippen molar-refractivity contribution < 1.29 is 19.4 Å². The van der Waals surface area contributed by atoms with Gasteiger partial charge in [0.05, 0.1) is 18.8 Å². The maximum Gasteiger partial charge on any atom is 0.167 e. The molecule has 168 valence electrons. The highest BCUT2D eigenvalue weighted by molar-refractivity contribution is 5.98. The summed E-state index contributed by atoms with van der Waals surface area (Å²) in [5.41, 5.74) is 2.65. The topological polar surface area (TPSA) is 59.0 Å². The minimum absolute atomic E-state index is 0.0103. The van der Waals surface area contributed by atoms with Crippen molar-refractivity contribution >= 4 is 5.78 Å². The monoisotopic (exact) mass is 425 g/mol. The molecule has 2 aromatic carbocycles. The van der Waals surface area contributed by atoms with Gasteiger partial charge in [0.2, 0.25) is 0 Å². The molecule has 0 spiro atoms. The molecule has 1 unspecified atom stereocenters. The first-order valence-electron chi connectivity index (χ1n) is 11.3. The number of hydrogen-bond acceptors (Lipinski definition) is 5. The Kier molecular flexibility index (Phi) is 8.10. The van der Waals surface area contributed by atoms with Crippen molar-refractivity contribution in [2.45, 2.75) is 65.9 Å². The fraction of sp³-hybridized carbons (Fsp3) is 0.500. The molecule has 0 saturated carbocycles. The number of ether oxygens (including phenoxy) is 2.